The number of likely N-dealkylation sites (tertiary alicyclic amines) is 1. The number of ether oxygens (including phenoxy) is 2. The maximum atomic E-state index is 13.0. The Labute approximate surface area is 272 Å². The van der Waals surface area contributed by atoms with Gasteiger partial charge in [-0.1, -0.05) is 36.4 Å². The minimum atomic E-state index is -1.56. The topological polar surface area (TPSA) is 132 Å². The third-order valence-electron chi connectivity index (χ3n) is 10.0. The normalized spacial score (nSPS) is 27.8. The number of aliphatic hydroxyl groups excluding tert-OH is 2. The highest BCUT2D eigenvalue weighted by Crippen LogP contribution is 2.53. The van der Waals surface area contributed by atoms with Crippen molar-refractivity contribution in [1.82, 2.24) is 15.1 Å². The van der Waals surface area contributed by atoms with Crippen LogP contribution in [-0.4, -0.2) is 107 Å². The van der Waals surface area contributed by atoms with E-state index in [4.69, 9.17) is 9.47 Å². The second-order valence-corrected chi connectivity index (χ2v) is 14.2. The van der Waals surface area contributed by atoms with Gasteiger partial charge in [-0.3, -0.25) is 9.59 Å². The Kier molecular flexibility index (Phi) is 10.3. The van der Waals surface area contributed by atoms with Gasteiger partial charge in [-0.15, -0.1) is 0 Å². The van der Waals surface area contributed by atoms with Crippen LogP contribution in [-0.2, 0) is 37.7 Å². The molecule has 5 rings (SSSR count). The first-order chi connectivity index (χ1) is 21.7. The van der Waals surface area contributed by atoms with E-state index < -0.39 is 29.2 Å². The molecule has 2 amide bonds. The summed E-state index contributed by atoms with van der Waals surface area (Å²) < 4.78 is 12.5. The number of amides is 2. The van der Waals surface area contributed by atoms with Gasteiger partial charge in [0.1, 0.15) is 17.7 Å². The van der Waals surface area contributed by atoms with Crippen LogP contribution in [0.25, 0.3) is 0 Å². The van der Waals surface area contributed by atoms with Crippen LogP contribution in [0.2, 0.25) is 0 Å². The molecule has 5 atom stereocenters. The van der Waals surface area contributed by atoms with Crippen LogP contribution in [0.3, 0.4) is 0 Å². The molecule has 3 fully saturated rings. The molecule has 10 nitrogen and oxygen atoms in total. The van der Waals surface area contributed by atoms with Crippen molar-refractivity contribution in [3.8, 4) is 0 Å². The second kappa shape index (κ2) is 13.7. The van der Waals surface area contributed by atoms with Crippen LogP contribution >= 0.6 is 0 Å². The monoisotopic (exact) mass is 637 g/mol. The van der Waals surface area contributed by atoms with Gasteiger partial charge in [0, 0.05) is 38.0 Å². The van der Waals surface area contributed by atoms with E-state index in [9.17, 15) is 24.9 Å². The lowest BCUT2D eigenvalue weighted by Crippen LogP contribution is -2.62. The molecule has 10 heteroatoms. The predicted octanol–water partition coefficient (Wildman–Crippen LogP) is 2.41. The number of carbonyl (C=O) groups is 2. The molecule has 2 aromatic carbocycles. The van der Waals surface area contributed by atoms with Crippen LogP contribution in [0.4, 0.5) is 0 Å². The fraction of sp³-hybridized carbons (Fsp3) is 0.611. The summed E-state index contributed by atoms with van der Waals surface area (Å²) in [6, 6.07) is 13.8. The second-order valence-electron chi connectivity index (χ2n) is 14.2. The molecule has 0 radical (unpaired) electrons. The van der Waals surface area contributed by atoms with Gasteiger partial charge in [0.2, 0.25) is 17.6 Å². The van der Waals surface area contributed by atoms with E-state index in [1.165, 1.54) is 0 Å². The van der Waals surface area contributed by atoms with Crippen LogP contribution < -0.4 is 5.32 Å². The lowest BCUT2D eigenvalue weighted by atomic mass is 9.77. The van der Waals surface area contributed by atoms with Crippen molar-refractivity contribution in [1.29, 1.82) is 0 Å². The molecule has 252 valence electrons. The van der Waals surface area contributed by atoms with Crippen molar-refractivity contribution in [3.63, 3.8) is 0 Å². The quantitative estimate of drug-likeness (QED) is 0.279. The first-order valence-corrected chi connectivity index (χ1v) is 16.6. The van der Waals surface area contributed by atoms with E-state index in [0.29, 0.717) is 44.3 Å². The Morgan fingerprint density at radius 2 is 1.83 bits per heavy atom. The Balaban J connectivity index is 1.18. The number of benzene rings is 2. The van der Waals surface area contributed by atoms with Crippen LogP contribution in [0.15, 0.2) is 42.5 Å². The Morgan fingerprint density at radius 3 is 2.52 bits per heavy atom. The maximum Gasteiger partial charge on any atom is 0.242 e. The fourth-order valence-corrected chi connectivity index (χ4v) is 6.95. The zero-order valence-corrected chi connectivity index (χ0v) is 27.9. The van der Waals surface area contributed by atoms with E-state index in [0.717, 1.165) is 41.6 Å². The standard InChI is InChI=1S/C36H51N3O7/c1-24-11-16-28(36-32(42)30(40)22-35(46-36,23-45-36)34(2,3)44)21-27(24)20-26-14-12-25(13-15-26)8-6-10-31(41)39-18-7-9-29(39)33(43)37-17-19-38(4)5/h11-16,21,29-30,32,40,42,44H,6-10,17-20,22-23H2,1-5H3,(H,37,43)/t29-,30-,32+,35+,36-/m0/s1. The van der Waals surface area contributed by atoms with E-state index >= 15 is 0 Å². The fourth-order valence-electron chi connectivity index (χ4n) is 6.95. The molecule has 0 aromatic heterocycles. The molecule has 3 saturated heterocycles. The van der Waals surface area contributed by atoms with Crippen molar-refractivity contribution in [2.24, 2.45) is 0 Å². The summed E-state index contributed by atoms with van der Waals surface area (Å²) in [5.41, 5.74) is 2.57. The largest absolute Gasteiger partial charge is 0.390 e. The molecule has 0 unspecified atom stereocenters. The summed E-state index contributed by atoms with van der Waals surface area (Å²) in [5, 5.41) is 35.7. The molecule has 2 aromatic rings. The predicted molar refractivity (Wildman–Crippen MR) is 174 cm³/mol. The van der Waals surface area contributed by atoms with Gasteiger partial charge in [-0.05, 0) is 95.3 Å². The lowest BCUT2D eigenvalue weighted by molar-refractivity contribution is -0.319. The Hall–Kier alpha value is -2.86. The minimum Gasteiger partial charge on any atom is -0.390 e. The number of carbonyl (C=O) groups excluding carboxylic acids is 2. The molecule has 3 aliphatic rings. The number of fused-ring (bicyclic) bond motifs is 2. The molecule has 2 bridgehead atoms. The molecular weight excluding hydrogens is 586 g/mol. The average molecular weight is 638 g/mol. The molecule has 46 heavy (non-hydrogen) atoms. The van der Waals surface area contributed by atoms with E-state index in [2.05, 4.69) is 29.6 Å². The molecule has 0 saturated carbocycles. The van der Waals surface area contributed by atoms with Gasteiger partial charge < -0.3 is 39.9 Å². The van der Waals surface area contributed by atoms with E-state index in [-0.39, 0.29) is 30.9 Å². The summed E-state index contributed by atoms with van der Waals surface area (Å²) in [6.07, 6.45) is 1.79. The van der Waals surface area contributed by atoms with Gasteiger partial charge in [0.25, 0.3) is 0 Å². The Morgan fingerprint density at radius 1 is 1.11 bits per heavy atom. The zero-order chi connectivity index (χ0) is 33.3. The number of nitrogens with one attached hydrogen (secondary N) is 1. The SMILES string of the molecule is Cc1ccc([C@@]23OC[C@@](C(C)(C)O)(C[C@H](O)[C@H]2O)O3)cc1Cc1ccc(CCCC(=O)N2CCC[C@H]2C(=O)NCCN(C)C)cc1. The number of aryl methyl sites for hydroxylation is 2. The number of hydrogen-bond donors (Lipinski definition) is 4. The lowest BCUT2D eigenvalue weighted by Gasteiger charge is -2.48. The van der Waals surface area contributed by atoms with Gasteiger partial charge in [0.05, 0.1) is 18.3 Å². The summed E-state index contributed by atoms with van der Waals surface area (Å²) >= 11 is 0. The molecule has 3 aliphatic heterocycles. The maximum absolute atomic E-state index is 13.0. The highest BCUT2D eigenvalue weighted by molar-refractivity contribution is 5.88. The van der Waals surface area contributed by atoms with Gasteiger partial charge in [-0.2, -0.15) is 0 Å². The molecular formula is C36H51N3O7. The minimum absolute atomic E-state index is 0.0438. The molecule has 0 aliphatic carbocycles. The first kappa shape index (κ1) is 34.5. The van der Waals surface area contributed by atoms with Crippen molar-refractivity contribution in [2.45, 2.75) is 101 Å². The number of aliphatic hydroxyl groups is 3. The summed E-state index contributed by atoms with van der Waals surface area (Å²) in [6.45, 7) is 7.34. The summed E-state index contributed by atoms with van der Waals surface area (Å²) in [4.78, 5) is 29.4. The highest BCUT2D eigenvalue weighted by atomic mass is 16.8. The average Bonchev–Trinajstić information content (AvgIpc) is 3.63. The summed E-state index contributed by atoms with van der Waals surface area (Å²) in [7, 11) is 3.93. The third kappa shape index (κ3) is 7.02. The van der Waals surface area contributed by atoms with Gasteiger partial charge in [-0.25, -0.2) is 0 Å². The van der Waals surface area contributed by atoms with Crippen LogP contribution in [0.1, 0.15) is 73.8 Å². The summed E-state index contributed by atoms with van der Waals surface area (Å²) in [5.74, 6) is -1.57. The number of hydrogen-bond acceptors (Lipinski definition) is 8. The van der Waals surface area contributed by atoms with Crippen molar-refractivity contribution >= 4 is 11.8 Å². The van der Waals surface area contributed by atoms with Gasteiger partial charge in [0.15, 0.2) is 0 Å². The third-order valence-corrected chi connectivity index (χ3v) is 10.0. The van der Waals surface area contributed by atoms with Crippen molar-refractivity contribution < 1.29 is 34.4 Å². The van der Waals surface area contributed by atoms with Crippen molar-refractivity contribution in [3.05, 3.63) is 70.3 Å². The molecule has 3 heterocycles. The number of rotatable bonds is 12. The van der Waals surface area contributed by atoms with Crippen LogP contribution in [0.5, 0.6) is 0 Å². The Bertz CT molecular complexity index is 1390. The zero-order valence-electron chi connectivity index (χ0n) is 27.9. The number of nitrogens with zero attached hydrogens (tertiary/aromatic N) is 2. The molecule has 4 N–H and O–H groups in total. The van der Waals surface area contributed by atoms with E-state index in [1.54, 1.807) is 18.7 Å². The van der Waals surface area contributed by atoms with Gasteiger partial charge >= 0.3 is 0 Å². The van der Waals surface area contributed by atoms with E-state index in [1.807, 2.05) is 44.1 Å². The van der Waals surface area contributed by atoms with Crippen molar-refractivity contribution in [2.75, 3.05) is 40.3 Å². The first-order valence-electron chi connectivity index (χ1n) is 16.6. The smallest absolute Gasteiger partial charge is 0.242 e. The highest BCUT2D eigenvalue weighted by Gasteiger charge is 2.67. The van der Waals surface area contributed by atoms with Crippen LogP contribution in [0, 0.1) is 6.92 Å². The molecule has 0 spiro atoms. The number of likely N-dealkylation sites (N-methyl/N-ethyl adjacent to an activating group) is 1.